The summed E-state index contributed by atoms with van der Waals surface area (Å²) in [6.07, 6.45) is 1.24. The van der Waals surface area contributed by atoms with Crippen LogP contribution >= 0.6 is 11.3 Å². The summed E-state index contributed by atoms with van der Waals surface area (Å²) >= 11 is 1.56. The van der Waals surface area contributed by atoms with Gasteiger partial charge in [0.25, 0.3) is 5.91 Å². The summed E-state index contributed by atoms with van der Waals surface area (Å²) in [5.41, 5.74) is 1.11. The standard InChI is InChI=1S/C13H19NOS/c1-9-6-10(2)8-14(7-9)13(15)12-11(3)4-5-16-12/h4-5,9-10H,6-8H2,1-3H3/t9-,10-/m1/s1. The Hall–Kier alpha value is -0.830. The third-order valence-electron chi connectivity index (χ3n) is 3.21. The van der Waals surface area contributed by atoms with Crippen LogP contribution in [-0.4, -0.2) is 23.9 Å². The molecule has 16 heavy (non-hydrogen) atoms. The highest BCUT2D eigenvalue weighted by Gasteiger charge is 2.27. The van der Waals surface area contributed by atoms with Crippen LogP contribution in [0.2, 0.25) is 0 Å². The first-order chi connectivity index (χ1) is 7.58. The minimum Gasteiger partial charge on any atom is -0.337 e. The molecule has 3 heteroatoms. The number of rotatable bonds is 1. The zero-order valence-electron chi connectivity index (χ0n) is 10.2. The number of aryl methyl sites for hydroxylation is 1. The fraction of sp³-hybridized carbons (Fsp3) is 0.615. The van der Waals surface area contributed by atoms with Crippen LogP contribution in [0.5, 0.6) is 0 Å². The van der Waals surface area contributed by atoms with Crippen LogP contribution in [0.4, 0.5) is 0 Å². The molecule has 88 valence electrons. The molecule has 2 rings (SSSR count). The molecule has 1 aromatic rings. The van der Waals surface area contributed by atoms with Gasteiger partial charge in [-0.15, -0.1) is 11.3 Å². The van der Waals surface area contributed by atoms with Crippen LogP contribution in [0.25, 0.3) is 0 Å². The van der Waals surface area contributed by atoms with Gasteiger partial charge < -0.3 is 4.90 Å². The Morgan fingerprint density at radius 1 is 1.38 bits per heavy atom. The fourth-order valence-electron chi connectivity index (χ4n) is 2.56. The Bertz CT molecular complexity index is 375. The van der Waals surface area contributed by atoms with E-state index in [4.69, 9.17) is 0 Å². The number of thiophene rings is 1. The molecule has 2 atom stereocenters. The van der Waals surface area contributed by atoms with Crippen molar-refractivity contribution in [2.24, 2.45) is 11.8 Å². The number of piperidine rings is 1. The largest absolute Gasteiger partial charge is 0.337 e. The summed E-state index contributed by atoms with van der Waals surface area (Å²) in [4.78, 5) is 15.3. The quantitative estimate of drug-likeness (QED) is 0.734. The minimum absolute atomic E-state index is 0.228. The molecule has 1 fully saturated rings. The average Bonchev–Trinajstić information content (AvgIpc) is 2.62. The second-order valence-electron chi connectivity index (χ2n) is 5.09. The van der Waals surface area contributed by atoms with Gasteiger partial charge in [0.1, 0.15) is 0 Å². The number of hydrogen-bond donors (Lipinski definition) is 0. The lowest BCUT2D eigenvalue weighted by Gasteiger charge is -2.34. The van der Waals surface area contributed by atoms with E-state index >= 15 is 0 Å². The number of amides is 1. The maximum absolute atomic E-state index is 12.3. The van der Waals surface area contributed by atoms with Crippen molar-refractivity contribution in [3.05, 3.63) is 21.9 Å². The summed E-state index contributed by atoms with van der Waals surface area (Å²) in [6.45, 7) is 8.32. The van der Waals surface area contributed by atoms with Gasteiger partial charge in [-0.1, -0.05) is 13.8 Å². The van der Waals surface area contributed by atoms with Gasteiger partial charge in [0, 0.05) is 13.1 Å². The number of hydrogen-bond acceptors (Lipinski definition) is 2. The molecule has 0 spiro atoms. The SMILES string of the molecule is Cc1ccsc1C(=O)N1C[C@H](C)C[C@@H](C)C1. The zero-order valence-corrected chi connectivity index (χ0v) is 11.0. The van der Waals surface area contributed by atoms with Gasteiger partial charge in [0.15, 0.2) is 0 Å². The first kappa shape index (κ1) is 11.6. The molecule has 0 N–H and O–H groups in total. The van der Waals surface area contributed by atoms with Crippen molar-refractivity contribution < 1.29 is 4.79 Å². The predicted octanol–water partition coefficient (Wildman–Crippen LogP) is 3.17. The lowest BCUT2D eigenvalue weighted by molar-refractivity contribution is 0.0627. The van der Waals surface area contributed by atoms with Gasteiger partial charge in [-0.2, -0.15) is 0 Å². The molecule has 1 saturated heterocycles. The second kappa shape index (κ2) is 4.58. The maximum atomic E-state index is 12.3. The molecule has 1 amide bonds. The van der Waals surface area contributed by atoms with Crippen LogP contribution in [0, 0.1) is 18.8 Å². The van der Waals surface area contributed by atoms with E-state index in [0.29, 0.717) is 11.8 Å². The molecule has 0 aromatic carbocycles. The molecular formula is C13H19NOS. The van der Waals surface area contributed by atoms with Crippen molar-refractivity contribution in [3.63, 3.8) is 0 Å². The highest BCUT2D eigenvalue weighted by Crippen LogP contribution is 2.25. The zero-order chi connectivity index (χ0) is 11.7. The molecule has 2 nitrogen and oxygen atoms in total. The van der Waals surface area contributed by atoms with Gasteiger partial charge in [0.05, 0.1) is 4.88 Å². The molecule has 0 saturated carbocycles. The van der Waals surface area contributed by atoms with E-state index in [9.17, 15) is 4.79 Å². The molecule has 0 radical (unpaired) electrons. The van der Waals surface area contributed by atoms with E-state index < -0.39 is 0 Å². The van der Waals surface area contributed by atoms with E-state index in [1.54, 1.807) is 11.3 Å². The van der Waals surface area contributed by atoms with Gasteiger partial charge in [0.2, 0.25) is 0 Å². The van der Waals surface area contributed by atoms with E-state index in [0.717, 1.165) is 23.5 Å². The number of nitrogens with zero attached hydrogens (tertiary/aromatic N) is 1. The normalized spacial score (nSPS) is 25.8. The Morgan fingerprint density at radius 2 is 2.00 bits per heavy atom. The third-order valence-corrected chi connectivity index (χ3v) is 4.22. The van der Waals surface area contributed by atoms with Crippen molar-refractivity contribution >= 4 is 17.2 Å². The van der Waals surface area contributed by atoms with Crippen LogP contribution in [0.3, 0.4) is 0 Å². The van der Waals surface area contributed by atoms with Gasteiger partial charge in [-0.25, -0.2) is 0 Å². The topological polar surface area (TPSA) is 20.3 Å². The molecule has 0 bridgehead atoms. The van der Waals surface area contributed by atoms with Crippen molar-refractivity contribution in [2.45, 2.75) is 27.2 Å². The van der Waals surface area contributed by atoms with E-state index in [1.165, 1.54) is 6.42 Å². The van der Waals surface area contributed by atoms with Gasteiger partial charge in [-0.3, -0.25) is 4.79 Å². The third kappa shape index (κ3) is 2.29. The molecule has 2 heterocycles. The molecule has 0 unspecified atom stereocenters. The second-order valence-corrected chi connectivity index (χ2v) is 6.01. The van der Waals surface area contributed by atoms with Crippen LogP contribution < -0.4 is 0 Å². The monoisotopic (exact) mass is 237 g/mol. The summed E-state index contributed by atoms with van der Waals surface area (Å²) < 4.78 is 0. The highest BCUT2D eigenvalue weighted by atomic mass is 32.1. The van der Waals surface area contributed by atoms with Gasteiger partial charge in [-0.05, 0) is 42.2 Å². The van der Waals surface area contributed by atoms with E-state index in [1.807, 2.05) is 23.3 Å². The van der Waals surface area contributed by atoms with Crippen LogP contribution in [-0.2, 0) is 0 Å². The van der Waals surface area contributed by atoms with Crippen molar-refractivity contribution in [1.82, 2.24) is 4.90 Å². The molecule has 1 aromatic heterocycles. The maximum Gasteiger partial charge on any atom is 0.264 e. The Kier molecular flexibility index (Phi) is 3.33. The minimum atomic E-state index is 0.228. The Balaban J connectivity index is 2.13. The summed E-state index contributed by atoms with van der Waals surface area (Å²) in [6, 6.07) is 2.02. The van der Waals surface area contributed by atoms with Crippen LogP contribution in [0.1, 0.15) is 35.5 Å². The van der Waals surface area contributed by atoms with Crippen molar-refractivity contribution in [1.29, 1.82) is 0 Å². The number of likely N-dealkylation sites (tertiary alicyclic amines) is 1. The Labute approximate surface area is 101 Å². The first-order valence-corrected chi connectivity index (χ1v) is 6.79. The molecule has 1 aliphatic heterocycles. The fourth-order valence-corrected chi connectivity index (χ4v) is 3.46. The van der Waals surface area contributed by atoms with Crippen molar-refractivity contribution in [2.75, 3.05) is 13.1 Å². The predicted molar refractivity (Wildman–Crippen MR) is 67.9 cm³/mol. The smallest absolute Gasteiger partial charge is 0.264 e. The number of carbonyl (C=O) groups excluding carboxylic acids is 1. The Morgan fingerprint density at radius 3 is 2.50 bits per heavy atom. The van der Waals surface area contributed by atoms with E-state index in [-0.39, 0.29) is 5.91 Å². The molecular weight excluding hydrogens is 218 g/mol. The molecule has 0 aliphatic carbocycles. The average molecular weight is 237 g/mol. The van der Waals surface area contributed by atoms with Crippen LogP contribution in [0.15, 0.2) is 11.4 Å². The lowest BCUT2D eigenvalue weighted by atomic mass is 9.92. The summed E-state index contributed by atoms with van der Waals surface area (Å²) in [5.74, 6) is 1.49. The number of carbonyl (C=O) groups is 1. The highest BCUT2D eigenvalue weighted by molar-refractivity contribution is 7.12. The van der Waals surface area contributed by atoms with E-state index in [2.05, 4.69) is 13.8 Å². The molecule has 1 aliphatic rings. The lowest BCUT2D eigenvalue weighted by Crippen LogP contribution is -2.42. The first-order valence-electron chi connectivity index (χ1n) is 5.91. The van der Waals surface area contributed by atoms with Gasteiger partial charge >= 0.3 is 0 Å². The van der Waals surface area contributed by atoms with Crippen molar-refractivity contribution in [3.8, 4) is 0 Å². The summed E-state index contributed by atoms with van der Waals surface area (Å²) in [5, 5.41) is 2.00. The summed E-state index contributed by atoms with van der Waals surface area (Å²) in [7, 11) is 0.